The predicted octanol–water partition coefficient (Wildman–Crippen LogP) is 3.63. The molecule has 0 bridgehead atoms. The van der Waals surface area contributed by atoms with Crippen LogP contribution in [0.2, 0.25) is 39.3 Å². The van der Waals surface area contributed by atoms with Gasteiger partial charge in [-0.15, -0.1) is 0 Å². The summed E-state index contributed by atoms with van der Waals surface area (Å²) in [6.07, 6.45) is 3.26. The molecule has 3 aliphatic heterocycles. The van der Waals surface area contributed by atoms with Gasteiger partial charge >= 0.3 is 0 Å². The van der Waals surface area contributed by atoms with E-state index in [0.717, 1.165) is 71.8 Å². The Hall–Kier alpha value is -0.752. The molecule has 0 N–H and O–H groups in total. The van der Waals surface area contributed by atoms with Crippen LogP contribution < -0.4 is 18.5 Å². The third kappa shape index (κ3) is 10.1. The van der Waals surface area contributed by atoms with Crippen molar-refractivity contribution < 1.29 is 41.7 Å². The molecule has 9 nitrogen and oxygen atoms in total. The molecule has 3 aliphatic rings. The molecule has 6 atom stereocenters. The van der Waals surface area contributed by atoms with Gasteiger partial charge in [0.2, 0.25) is 0 Å². The fourth-order valence-electron chi connectivity index (χ4n) is 5.55. The minimum atomic E-state index is -2.45. The molecule has 0 aromatic heterocycles. The minimum Gasteiger partial charge on any atom is -0.539 e. The van der Waals surface area contributed by atoms with Crippen LogP contribution in [0.25, 0.3) is 0 Å². The molecule has 3 heterocycles. The number of hydrogen-bond donors (Lipinski definition) is 0. The lowest BCUT2D eigenvalue weighted by Gasteiger charge is -2.38. The Labute approximate surface area is 265 Å². The van der Waals surface area contributed by atoms with Crippen molar-refractivity contribution in [2.24, 2.45) is 0 Å². The van der Waals surface area contributed by atoms with E-state index in [1.807, 2.05) is 0 Å². The Bertz CT molecular complexity index is 1040. The lowest BCUT2D eigenvalue weighted by molar-refractivity contribution is 0.0731. The topological polar surface area (TPSA) is 93.0 Å². The Kier molecular flexibility index (Phi) is 12.1. The lowest BCUT2D eigenvalue weighted by Crippen LogP contribution is -2.52. The van der Waals surface area contributed by atoms with Gasteiger partial charge in [-0.05, 0) is 69.8 Å². The largest absolute Gasteiger partial charge is 0.539 e. The maximum absolute atomic E-state index is 7.15. The number of benzene rings is 1. The Morgan fingerprint density at radius 3 is 1.33 bits per heavy atom. The Morgan fingerprint density at radius 2 is 0.977 bits per heavy atom. The summed E-state index contributed by atoms with van der Waals surface area (Å²) in [5.41, 5.74) is 0.0497. The zero-order valence-electron chi connectivity index (χ0n) is 28.2. The van der Waals surface area contributed by atoms with Gasteiger partial charge < -0.3 is 41.7 Å². The van der Waals surface area contributed by atoms with Crippen LogP contribution in [0.15, 0.2) is 12.1 Å². The second kappa shape index (κ2) is 14.8. The van der Waals surface area contributed by atoms with Crippen LogP contribution in [-0.4, -0.2) is 110 Å². The smallest absolute Gasteiger partial charge is 0.273 e. The zero-order valence-corrected chi connectivity index (χ0v) is 33.2. The van der Waals surface area contributed by atoms with Crippen LogP contribution in [0.3, 0.4) is 0 Å². The molecular formula is C30H56O9Si4. The van der Waals surface area contributed by atoms with E-state index in [2.05, 4.69) is 72.2 Å². The molecule has 3 fully saturated rings. The monoisotopic (exact) mass is 672 g/mol. The van der Waals surface area contributed by atoms with E-state index < -0.39 is 25.0 Å². The first kappa shape index (κ1) is 35.1. The quantitative estimate of drug-likeness (QED) is 0.143. The molecule has 43 heavy (non-hydrogen) atoms. The molecule has 1 aromatic carbocycles. The van der Waals surface area contributed by atoms with Crippen LogP contribution in [0, 0.1) is 0 Å². The van der Waals surface area contributed by atoms with Crippen LogP contribution in [-0.2, 0) is 28.4 Å². The van der Waals surface area contributed by atoms with Crippen molar-refractivity contribution >= 4 is 40.4 Å². The van der Waals surface area contributed by atoms with Crippen molar-refractivity contribution in [1.82, 2.24) is 0 Å². The molecule has 0 aliphatic carbocycles. The molecule has 4 rings (SSSR count). The third-order valence-corrected chi connectivity index (χ3v) is 17.8. The average Bonchev–Trinajstić information content (AvgIpc) is 3.78. The van der Waals surface area contributed by atoms with Gasteiger partial charge in [0.1, 0.15) is 29.8 Å². The molecule has 6 unspecified atom stereocenters. The standard InChI is InChI=1S/C30H56O9Si4/c1-10-26(34-18-21-15-31-21)41(4,5)37-24-13-14-25(40)30(39-43(8,9)28(12-3)36-20-23-17-33-23)29(24)38-42(6,7)27(11-2)35-19-22-16-32-22/h13-14,21-23,26-28H,10-12,15-20H2,1-9,40H3. The number of epoxide rings is 3. The first-order valence-electron chi connectivity index (χ1n) is 16.2. The highest BCUT2D eigenvalue weighted by Crippen LogP contribution is 2.42. The molecule has 0 amide bonds. The van der Waals surface area contributed by atoms with Gasteiger partial charge in [-0.2, -0.15) is 0 Å². The predicted molar refractivity (Wildman–Crippen MR) is 180 cm³/mol. The van der Waals surface area contributed by atoms with Gasteiger partial charge in [-0.3, -0.25) is 0 Å². The second-order valence-electron chi connectivity index (χ2n) is 13.7. The van der Waals surface area contributed by atoms with Gasteiger partial charge in [0.25, 0.3) is 25.0 Å². The van der Waals surface area contributed by atoms with Crippen molar-refractivity contribution in [1.29, 1.82) is 0 Å². The average molecular weight is 673 g/mol. The summed E-state index contributed by atoms with van der Waals surface area (Å²) in [6, 6.07) is 4.22. The normalized spacial score (nSPS) is 23.9. The zero-order chi connectivity index (χ0) is 31.4. The van der Waals surface area contributed by atoms with Crippen molar-refractivity contribution in [3.63, 3.8) is 0 Å². The van der Waals surface area contributed by atoms with Crippen molar-refractivity contribution in [3.8, 4) is 17.2 Å². The molecule has 0 spiro atoms. The van der Waals surface area contributed by atoms with Crippen molar-refractivity contribution in [3.05, 3.63) is 12.1 Å². The Balaban J connectivity index is 1.65. The molecule has 3 saturated heterocycles. The van der Waals surface area contributed by atoms with Crippen molar-refractivity contribution in [2.75, 3.05) is 39.6 Å². The van der Waals surface area contributed by atoms with Gasteiger partial charge in [-0.25, -0.2) is 0 Å². The van der Waals surface area contributed by atoms with E-state index in [9.17, 15) is 0 Å². The number of hydrogen-bond acceptors (Lipinski definition) is 9. The summed E-state index contributed by atoms with van der Waals surface area (Å²) in [7, 11) is -6.42. The number of rotatable bonds is 21. The summed E-state index contributed by atoms with van der Waals surface area (Å²) < 4.78 is 56.6. The fraction of sp³-hybridized carbons (Fsp3) is 0.800. The van der Waals surface area contributed by atoms with Crippen LogP contribution in [0.5, 0.6) is 17.2 Å². The van der Waals surface area contributed by atoms with E-state index in [0.29, 0.717) is 19.8 Å². The SMILES string of the molecule is CCC(OCC1CO1)[Si](C)(C)Oc1ccc([SiH3])c(O[Si](C)(C)C(CC)OCC2CO2)c1O[Si](C)(C)C(CC)OCC1CO1. The first-order valence-corrected chi connectivity index (χ1v) is 26.2. The molecule has 1 aromatic rings. The van der Waals surface area contributed by atoms with Crippen molar-refractivity contribution in [2.45, 2.75) is 115 Å². The van der Waals surface area contributed by atoms with Crippen LogP contribution in [0.1, 0.15) is 40.0 Å². The maximum Gasteiger partial charge on any atom is 0.273 e. The molecule has 0 saturated carbocycles. The van der Waals surface area contributed by atoms with E-state index >= 15 is 0 Å². The molecular weight excluding hydrogens is 617 g/mol. The summed E-state index contributed by atoms with van der Waals surface area (Å²) in [5.74, 6) is 2.27. The summed E-state index contributed by atoms with van der Waals surface area (Å²) in [6.45, 7) is 24.1. The lowest BCUT2D eigenvalue weighted by atomic mass is 10.3. The number of ether oxygens (including phenoxy) is 6. The molecule has 0 radical (unpaired) electrons. The molecule has 13 heteroatoms. The van der Waals surface area contributed by atoms with E-state index in [1.54, 1.807) is 0 Å². The van der Waals surface area contributed by atoms with E-state index in [-0.39, 0.29) is 35.5 Å². The highest BCUT2D eigenvalue weighted by Gasteiger charge is 2.43. The minimum absolute atomic E-state index is 0.00111. The highest BCUT2D eigenvalue weighted by molar-refractivity contribution is 6.74. The third-order valence-electron chi connectivity index (χ3n) is 8.47. The summed E-state index contributed by atoms with van der Waals surface area (Å²) in [4.78, 5) is 0. The van der Waals surface area contributed by atoms with Crippen LogP contribution >= 0.6 is 0 Å². The highest BCUT2D eigenvalue weighted by atomic mass is 28.4. The first-order chi connectivity index (χ1) is 20.3. The van der Waals surface area contributed by atoms with E-state index in [4.69, 9.17) is 41.7 Å². The van der Waals surface area contributed by atoms with Gasteiger partial charge in [0, 0.05) is 10.2 Å². The van der Waals surface area contributed by atoms with Gasteiger partial charge in [-0.1, -0.05) is 26.8 Å². The Morgan fingerprint density at radius 1 is 0.628 bits per heavy atom. The van der Waals surface area contributed by atoms with Gasteiger partial charge in [0.05, 0.1) is 56.8 Å². The molecule has 246 valence electrons. The second-order valence-corrected chi connectivity index (χ2v) is 27.0. The van der Waals surface area contributed by atoms with Gasteiger partial charge in [0.15, 0.2) is 5.75 Å². The maximum atomic E-state index is 7.15. The summed E-state index contributed by atoms with van der Waals surface area (Å²) in [5, 5.41) is 1.15. The summed E-state index contributed by atoms with van der Waals surface area (Å²) >= 11 is 0. The fourth-order valence-corrected chi connectivity index (χ4v) is 13.3. The van der Waals surface area contributed by atoms with E-state index in [1.165, 1.54) is 0 Å². The van der Waals surface area contributed by atoms with Crippen LogP contribution in [0.4, 0.5) is 0 Å².